The molecule has 1 heterocycles. The largest absolute Gasteiger partial charge is 0.484 e. The zero-order valence-electron chi connectivity index (χ0n) is 11.7. The molecule has 1 aromatic carbocycles. The topological polar surface area (TPSA) is 121 Å². The van der Waals surface area contributed by atoms with Crippen LogP contribution in [0.5, 0.6) is 5.75 Å². The number of rotatable bonds is 6. The number of primary amides is 1. The Balaban J connectivity index is 2.11. The maximum atomic E-state index is 10.9. The number of carbonyl (C=O) groups is 1. The minimum Gasteiger partial charge on any atom is -0.484 e. The minimum atomic E-state index is -0.558. The minimum absolute atomic E-state index is 0.150. The lowest BCUT2D eigenvalue weighted by Crippen LogP contribution is -2.19. The van der Waals surface area contributed by atoms with Gasteiger partial charge in [-0.2, -0.15) is 0 Å². The van der Waals surface area contributed by atoms with Crippen molar-refractivity contribution in [2.45, 2.75) is 6.92 Å². The molecule has 0 spiro atoms. The number of ether oxygens (including phenoxy) is 1. The van der Waals surface area contributed by atoms with Gasteiger partial charge in [-0.25, -0.2) is 0 Å². The summed E-state index contributed by atoms with van der Waals surface area (Å²) in [4.78, 5) is 21.0. The van der Waals surface area contributed by atoms with Gasteiger partial charge in [0.25, 0.3) is 5.91 Å². The van der Waals surface area contributed by atoms with E-state index in [9.17, 15) is 14.9 Å². The van der Waals surface area contributed by atoms with E-state index in [4.69, 9.17) is 15.0 Å². The van der Waals surface area contributed by atoms with Crippen molar-refractivity contribution in [2.24, 2.45) is 5.73 Å². The first-order valence-electron chi connectivity index (χ1n) is 6.27. The van der Waals surface area contributed by atoms with Crippen LogP contribution < -0.4 is 10.5 Å². The Morgan fingerprint density at radius 3 is 2.68 bits per heavy atom. The van der Waals surface area contributed by atoms with Crippen molar-refractivity contribution in [1.82, 2.24) is 5.16 Å². The average Bonchev–Trinajstić information content (AvgIpc) is 2.85. The molecule has 0 bridgehead atoms. The molecule has 8 nitrogen and oxygen atoms in total. The summed E-state index contributed by atoms with van der Waals surface area (Å²) < 4.78 is 9.94. The molecule has 8 heteroatoms. The predicted molar refractivity (Wildman–Crippen MR) is 78.0 cm³/mol. The zero-order valence-corrected chi connectivity index (χ0v) is 11.7. The molecular weight excluding hydrogens is 290 g/mol. The van der Waals surface area contributed by atoms with Crippen molar-refractivity contribution in [3.63, 3.8) is 0 Å². The molecule has 2 rings (SSSR count). The van der Waals surface area contributed by atoms with Crippen LogP contribution in [0.2, 0.25) is 0 Å². The monoisotopic (exact) mass is 303 g/mol. The molecule has 0 aliphatic carbocycles. The molecule has 2 N–H and O–H groups in total. The highest BCUT2D eigenvalue weighted by Crippen LogP contribution is 2.24. The summed E-state index contributed by atoms with van der Waals surface area (Å²) in [6.07, 6.45) is 3.15. The van der Waals surface area contributed by atoms with E-state index in [-0.39, 0.29) is 23.7 Å². The number of aromatic nitrogens is 1. The lowest BCUT2D eigenvalue weighted by molar-refractivity contribution is -0.386. The molecule has 0 saturated heterocycles. The Morgan fingerprint density at radius 1 is 1.41 bits per heavy atom. The summed E-state index contributed by atoms with van der Waals surface area (Å²) in [6.45, 7) is 1.28. The van der Waals surface area contributed by atoms with Crippen LogP contribution in [0, 0.1) is 17.0 Å². The quantitative estimate of drug-likeness (QED) is 0.642. The van der Waals surface area contributed by atoms with Gasteiger partial charge in [0.15, 0.2) is 12.3 Å². The van der Waals surface area contributed by atoms with Gasteiger partial charge in [-0.3, -0.25) is 14.9 Å². The van der Waals surface area contributed by atoms with Crippen molar-refractivity contribution < 1.29 is 19.0 Å². The number of benzene rings is 1. The SMILES string of the molecule is Cc1onc(/C=C/c2ccc(OCC(N)=O)cc2)c1[N+](=O)[O-]. The normalized spacial score (nSPS) is 10.8. The van der Waals surface area contributed by atoms with E-state index in [2.05, 4.69) is 5.16 Å². The van der Waals surface area contributed by atoms with Crippen LogP contribution in [0.15, 0.2) is 28.8 Å². The van der Waals surface area contributed by atoms with Crippen LogP contribution in [-0.2, 0) is 4.79 Å². The third-order valence-corrected chi connectivity index (χ3v) is 2.73. The van der Waals surface area contributed by atoms with Crippen LogP contribution >= 0.6 is 0 Å². The van der Waals surface area contributed by atoms with E-state index in [1.54, 1.807) is 30.3 Å². The molecule has 0 aliphatic rings. The van der Waals surface area contributed by atoms with Crippen LogP contribution in [0.1, 0.15) is 17.0 Å². The number of nitro groups is 1. The third kappa shape index (κ3) is 3.69. The van der Waals surface area contributed by atoms with Gasteiger partial charge in [-0.05, 0) is 23.8 Å². The van der Waals surface area contributed by atoms with Crippen molar-refractivity contribution in [3.8, 4) is 5.75 Å². The zero-order chi connectivity index (χ0) is 16.1. The van der Waals surface area contributed by atoms with Crippen molar-refractivity contribution in [1.29, 1.82) is 0 Å². The Morgan fingerprint density at radius 2 is 2.09 bits per heavy atom. The maximum absolute atomic E-state index is 10.9. The molecule has 114 valence electrons. The van der Waals surface area contributed by atoms with E-state index in [1.165, 1.54) is 13.0 Å². The van der Waals surface area contributed by atoms with Crippen molar-refractivity contribution >= 4 is 23.7 Å². The molecule has 0 saturated carbocycles. The molecule has 0 fully saturated rings. The number of hydrogen-bond donors (Lipinski definition) is 1. The summed E-state index contributed by atoms with van der Waals surface area (Å²) >= 11 is 0. The molecular formula is C14H13N3O5. The van der Waals surface area contributed by atoms with Gasteiger partial charge in [0.2, 0.25) is 5.76 Å². The van der Waals surface area contributed by atoms with Crippen molar-refractivity contribution in [2.75, 3.05) is 6.61 Å². The molecule has 1 amide bonds. The summed E-state index contributed by atoms with van der Waals surface area (Å²) in [6, 6.07) is 6.77. The number of aryl methyl sites for hydroxylation is 1. The highest BCUT2D eigenvalue weighted by atomic mass is 16.6. The first kappa shape index (κ1) is 15.2. The van der Waals surface area contributed by atoms with Crippen LogP contribution in [0.3, 0.4) is 0 Å². The van der Waals surface area contributed by atoms with E-state index in [0.29, 0.717) is 5.75 Å². The van der Waals surface area contributed by atoms with Crippen LogP contribution in [0.25, 0.3) is 12.2 Å². The first-order chi connectivity index (χ1) is 10.5. The standard InChI is InChI=1S/C14H13N3O5/c1-9-14(17(19)20)12(16-22-9)7-4-10-2-5-11(6-3-10)21-8-13(15)18/h2-7H,8H2,1H3,(H2,15,18)/b7-4+. The molecule has 0 unspecified atom stereocenters. The van der Waals surface area contributed by atoms with Gasteiger partial charge in [0.1, 0.15) is 5.75 Å². The highest BCUT2D eigenvalue weighted by molar-refractivity contribution is 5.75. The summed E-state index contributed by atoms with van der Waals surface area (Å²) in [5, 5.41) is 14.5. The second kappa shape index (κ2) is 6.53. The second-order valence-corrected chi connectivity index (χ2v) is 4.39. The van der Waals surface area contributed by atoms with Gasteiger partial charge in [0.05, 0.1) is 4.92 Å². The smallest absolute Gasteiger partial charge is 0.338 e. The molecule has 2 aromatic rings. The molecule has 0 radical (unpaired) electrons. The second-order valence-electron chi connectivity index (χ2n) is 4.39. The lowest BCUT2D eigenvalue weighted by atomic mass is 10.2. The first-order valence-corrected chi connectivity index (χ1v) is 6.27. The van der Waals surface area contributed by atoms with Crippen molar-refractivity contribution in [3.05, 3.63) is 51.4 Å². The fourth-order valence-electron chi connectivity index (χ4n) is 1.72. The fourth-order valence-corrected chi connectivity index (χ4v) is 1.72. The Labute approximate surface area is 125 Å². The lowest BCUT2D eigenvalue weighted by Gasteiger charge is -2.03. The Bertz CT molecular complexity index is 719. The van der Waals surface area contributed by atoms with E-state index in [0.717, 1.165) is 5.56 Å². The molecule has 22 heavy (non-hydrogen) atoms. The third-order valence-electron chi connectivity index (χ3n) is 2.73. The number of carbonyl (C=O) groups excluding carboxylic acids is 1. The maximum Gasteiger partial charge on any atom is 0.338 e. The van der Waals surface area contributed by atoms with Crippen LogP contribution in [-0.4, -0.2) is 22.6 Å². The van der Waals surface area contributed by atoms with Gasteiger partial charge >= 0.3 is 5.69 Å². The number of hydrogen-bond acceptors (Lipinski definition) is 6. The fraction of sp³-hybridized carbons (Fsp3) is 0.143. The molecule has 1 aromatic heterocycles. The number of nitrogens with two attached hydrogens (primary N) is 1. The molecule has 0 atom stereocenters. The Kier molecular flexibility index (Phi) is 4.52. The van der Waals surface area contributed by atoms with Gasteiger partial charge in [0, 0.05) is 6.92 Å². The number of amides is 1. The molecule has 0 aliphatic heterocycles. The Hall–Kier alpha value is -3.16. The van der Waals surface area contributed by atoms with E-state index in [1.807, 2.05) is 0 Å². The average molecular weight is 303 g/mol. The predicted octanol–water partition coefficient (Wildman–Crippen LogP) is 1.93. The number of nitrogens with zero attached hydrogens (tertiary/aromatic N) is 2. The van der Waals surface area contributed by atoms with Gasteiger partial charge < -0.3 is 15.0 Å². The summed E-state index contributed by atoms with van der Waals surface area (Å²) in [7, 11) is 0. The summed E-state index contributed by atoms with van der Waals surface area (Å²) in [5.74, 6) is 0.0942. The van der Waals surface area contributed by atoms with Crippen LogP contribution in [0.4, 0.5) is 5.69 Å². The summed E-state index contributed by atoms with van der Waals surface area (Å²) in [5.41, 5.74) is 5.75. The highest BCUT2D eigenvalue weighted by Gasteiger charge is 2.21. The van der Waals surface area contributed by atoms with Gasteiger partial charge in [-0.1, -0.05) is 23.4 Å². The van der Waals surface area contributed by atoms with Gasteiger partial charge in [-0.15, -0.1) is 0 Å². The van der Waals surface area contributed by atoms with E-state index >= 15 is 0 Å². The van der Waals surface area contributed by atoms with E-state index < -0.39 is 10.8 Å².